The molecule has 0 bridgehead atoms. The fraction of sp³-hybridized carbons (Fsp3) is 0.571. The summed E-state index contributed by atoms with van der Waals surface area (Å²) in [6.07, 6.45) is 1.40. The Balaban J connectivity index is 2.53. The van der Waals surface area contributed by atoms with Gasteiger partial charge in [0.2, 0.25) is 0 Å². The van der Waals surface area contributed by atoms with Gasteiger partial charge in [-0.25, -0.2) is 0 Å². The van der Waals surface area contributed by atoms with Crippen molar-refractivity contribution in [3.8, 4) is 0 Å². The van der Waals surface area contributed by atoms with E-state index in [1.54, 1.807) is 0 Å². The van der Waals surface area contributed by atoms with Crippen LogP contribution in [0, 0.1) is 6.92 Å². The first-order valence-corrected chi connectivity index (χ1v) is 6.99. The average molecular weight is 285 g/mol. The molecule has 0 radical (unpaired) electrons. The van der Waals surface area contributed by atoms with Crippen LogP contribution in [0.1, 0.15) is 37.3 Å². The predicted octanol–water partition coefficient (Wildman–Crippen LogP) is 4.29. The van der Waals surface area contributed by atoms with E-state index in [0.717, 1.165) is 18.4 Å². The highest BCUT2D eigenvalue weighted by atomic mass is 79.9. The molecule has 0 saturated carbocycles. The third-order valence-electron chi connectivity index (χ3n) is 2.62. The summed E-state index contributed by atoms with van der Waals surface area (Å²) in [5.74, 6) is 0.554. The first-order chi connectivity index (χ1) is 7.63. The summed E-state index contributed by atoms with van der Waals surface area (Å²) in [6.45, 7) is 7.13. The van der Waals surface area contributed by atoms with Crippen LogP contribution in [0.25, 0.3) is 0 Å². The second-order valence-corrected chi connectivity index (χ2v) is 5.12. The van der Waals surface area contributed by atoms with Crippen LogP contribution >= 0.6 is 15.9 Å². The molecule has 0 saturated heterocycles. The quantitative estimate of drug-likeness (QED) is 0.708. The van der Waals surface area contributed by atoms with E-state index in [0.29, 0.717) is 12.0 Å². The molecule has 0 amide bonds. The zero-order valence-electron chi connectivity index (χ0n) is 10.4. The number of ether oxygens (including phenoxy) is 1. The molecule has 0 N–H and O–H groups in total. The molecule has 0 aliphatic heterocycles. The number of aryl methyl sites for hydroxylation is 1. The second kappa shape index (κ2) is 7.08. The molecule has 1 rings (SSSR count). The standard InChI is InChI=1S/C14H21BrO/c1-11(2)16-8-7-14(10-15)13-6-4-5-12(3)9-13/h4-6,9,11,14H,7-8,10H2,1-3H3. The molecule has 16 heavy (non-hydrogen) atoms. The lowest BCUT2D eigenvalue weighted by molar-refractivity contribution is 0.0744. The van der Waals surface area contributed by atoms with E-state index >= 15 is 0 Å². The maximum Gasteiger partial charge on any atom is 0.0518 e. The van der Waals surface area contributed by atoms with Crippen molar-refractivity contribution in [2.45, 2.75) is 39.2 Å². The van der Waals surface area contributed by atoms with Gasteiger partial charge in [0.1, 0.15) is 0 Å². The van der Waals surface area contributed by atoms with Crippen LogP contribution in [0.15, 0.2) is 24.3 Å². The highest BCUT2D eigenvalue weighted by Crippen LogP contribution is 2.23. The number of benzene rings is 1. The maximum atomic E-state index is 5.61. The largest absolute Gasteiger partial charge is 0.379 e. The van der Waals surface area contributed by atoms with Gasteiger partial charge in [0.05, 0.1) is 6.10 Å². The Bertz CT molecular complexity index is 309. The topological polar surface area (TPSA) is 9.23 Å². The summed E-state index contributed by atoms with van der Waals surface area (Å²) in [6, 6.07) is 8.73. The molecule has 1 atom stereocenters. The Hall–Kier alpha value is -0.340. The zero-order chi connectivity index (χ0) is 12.0. The molecule has 1 unspecified atom stereocenters. The van der Waals surface area contributed by atoms with Crippen LogP contribution < -0.4 is 0 Å². The Morgan fingerprint density at radius 3 is 2.62 bits per heavy atom. The van der Waals surface area contributed by atoms with Crippen molar-refractivity contribution in [1.29, 1.82) is 0 Å². The van der Waals surface area contributed by atoms with E-state index in [1.165, 1.54) is 11.1 Å². The number of alkyl halides is 1. The molecular weight excluding hydrogens is 264 g/mol. The molecule has 0 aliphatic rings. The molecule has 1 nitrogen and oxygen atoms in total. The summed E-state index contributed by atoms with van der Waals surface area (Å²) in [5.41, 5.74) is 2.73. The minimum atomic E-state index is 0.327. The van der Waals surface area contributed by atoms with Crippen LogP contribution in [0.3, 0.4) is 0 Å². The van der Waals surface area contributed by atoms with Gasteiger partial charge in [0, 0.05) is 11.9 Å². The summed E-state index contributed by atoms with van der Waals surface area (Å²) in [7, 11) is 0. The normalized spacial score (nSPS) is 13.1. The molecule has 0 heterocycles. The fourth-order valence-corrected chi connectivity index (χ4v) is 2.40. The molecule has 2 heteroatoms. The van der Waals surface area contributed by atoms with Gasteiger partial charge in [0.25, 0.3) is 0 Å². The summed E-state index contributed by atoms with van der Waals surface area (Å²) in [4.78, 5) is 0. The van der Waals surface area contributed by atoms with Crippen LogP contribution in [0.5, 0.6) is 0 Å². The molecule has 0 aliphatic carbocycles. The van der Waals surface area contributed by atoms with Crippen LogP contribution in [-0.4, -0.2) is 18.0 Å². The minimum Gasteiger partial charge on any atom is -0.379 e. The molecule has 0 aromatic heterocycles. The van der Waals surface area contributed by atoms with Gasteiger partial charge in [-0.1, -0.05) is 45.8 Å². The Kier molecular flexibility index (Phi) is 6.07. The van der Waals surface area contributed by atoms with Gasteiger partial charge in [0.15, 0.2) is 0 Å². The SMILES string of the molecule is Cc1cccc(C(CBr)CCOC(C)C)c1. The first kappa shape index (κ1) is 13.7. The van der Waals surface area contributed by atoms with Gasteiger partial charge in [-0.15, -0.1) is 0 Å². The Morgan fingerprint density at radius 2 is 2.06 bits per heavy atom. The smallest absolute Gasteiger partial charge is 0.0518 e. The van der Waals surface area contributed by atoms with Crippen molar-refractivity contribution in [3.63, 3.8) is 0 Å². The average Bonchev–Trinajstić information content (AvgIpc) is 2.24. The van der Waals surface area contributed by atoms with Crippen molar-refractivity contribution >= 4 is 15.9 Å². The van der Waals surface area contributed by atoms with Crippen molar-refractivity contribution in [2.24, 2.45) is 0 Å². The van der Waals surface area contributed by atoms with E-state index in [-0.39, 0.29) is 0 Å². The van der Waals surface area contributed by atoms with Crippen LogP contribution in [-0.2, 0) is 4.74 Å². The predicted molar refractivity (Wildman–Crippen MR) is 73.4 cm³/mol. The summed E-state index contributed by atoms with van der Waals surface area (Å²) >= 11 is 3.59. The summed E-state index contributed by atoms with van der Waals surface area (Å²) in [5, 5.41) is 0.998. The fourth-order valence-electron chi connectivity index (χ4n) is 1.70. The third-order valence-corrected chi connectivity index (χ3v) is 3.40. The van der Waals surface area contributed by atoms with Crippen molar-refractivity contribution in [1.82, 2.24) is 0 Å². The van der Waals surface area contributed by atoms with Crippen molar-refractivity contribution in [2.75, 3.05) is 11.9 Å². The van der Waals surface area contributed by atoms with Gasteiger partial charge in [-0.3, -0.25) is 0 Å². The molecule has 90 valence electrons. The molecular formula is C14H21BrO. The monoisotopic (exact) mass is 284 g/mol. The van der Waals surface area contributed by atoms with Gasteiger partial charge in [-0.2, -0.15) is 0 Å². The van der Waals surface area contributed by atoms with Crippen molar-refractivity contribution in [3.05, 3.63) is 35.4 Å². The van der Waals surface area contributed by atoms with E-state index < -0.39 is 0 Å². The lowest BCUT2D eigenvalue weighted by Crippen LogP contribution is -2.09. The molecule has 1 aromatic carbocycles. The van der Waals surface area contributed by atoms with Gasteiger partial charge < -0.3 is 4.74 Å². The number of halogens is 1. The molecule has 0 fully saturated rings. The highest BCUT2D eigenvalue weighted by molar-refractivity contribution is 9.09. The van der Waals surface area contributed by atoms with Gasteiger partial charge in [-0.05, 0) is 38.7 Å². The minimum absolute atomic E-state index is 0.327. The maximum absolute atomic E-state index is 5.61. The third kappa shape index (κ3) is 4.67. The number of rotatable bonds is 6. The first-order valence-electron chi connectivity index (χ1n) is 5.87. The Morgan fingerprint density at radius 1 is 1.31 bits per heavy atom. The highest BCUT2D eigenvalue weighted by Gasteiger charge is 2.10. The van der Waals surface area contributed by atoms with E-state index in [1.807, 2.05) is 0 Å². The Labute approximate surface area is 107 Å². The summed E-state index contributed by atoms with van der Waals surface area (Å²) < 4.78 is 5.61. The number of hydrogen-bond donors (Lipinski definition) is 0. The second-order valence-electron chi connectivity index (χ2n) is 4.47. The van der Waals surface area contributed by atoms with E-state index in [9.17, 15) is 0 Å². The van der Waals surface area contributed by atoms with E-state index in [2.05, 4.69) is 61.0 Å². The van der Waals surface area contributed by atoms with Crippen LogP contribution in [0.2, 0.25) is 0 Å². The van der Waals surface area contributed by atoms with Gasteiger partial charge >= 0.3 is 0 Å². The van der Waals surface area contributed by atoms with E-state index in [4.69, 9.17) is 4.74 Å². The zero-order valence-corrected chi connectivity index (χ0v) is 12.0. The lowest BCUT2D eigenvalue weighted by Gasteiger charge is -2.16. The van der Waals surface area contributed by atoms with Crippen LogP contribution in [0.4, 0.5) is 0 Å². The lowest BCUT2D eigenvalue weighted by atomic mass is 9.97. The number of hydrogen-bond acceptors (Lipinski definition) is 1. The molecule has 1 aromatic rings. The van der Waals surface area contributed by atoms with Crippen molar-refractivity contribution < 1.29 is 4.74 Å². The molecule has 0 spiro atoms.